The van der Waals surface area contributed by atoms with Gasteiger partial charge in [-0.3, -0.25) is 4.79 Å². The summed E-state index contributed by atoms with van der Waals surface area (Å²) in [5.41, 5.74) is 0.908. The molecule has 25 heavy (non-hydrogen) atoms. The fourth-order valence-corrected chi connectivity index (χ4v) is 2.33. The Kier molecular flexibility index (Phi) is 5.89. The molecular weight excluding hydrogens is 324 g/mol. The van der Waals surface area contributed by atoms with Gasteiger partial charge >= 0.3 is 0 Å². The molecule has 0 saturated carbocycles. The Labute approximate surface area is 146 Å². The van der Waals surface area contributed by atoms with Crippen LogP contribution in [-0.2, 0) is 0 Å². The zero-order chi connectivity index (χ0) is 18.4. The van der Waals surface area contributed by atoms with Crippen molar-refractivity contribution in [1.82, 2.24) is 0 Å². The quantitative estimate of drug-likeness (QED) is 0.613. The third kappa shape index (κ3) is 4.03. The Morgan fingerprint density at radius 1 is 0.840 bits per heavy atom. The number of hydrogen-bond acceptors (Lipinski definition) is 6. The fraction of sp³-hybridized carbons (Fsp3) is 0.211. The highest BCUT2D eigenvalue weighted by molar-refractivity contribution is 6.09. The number of ether oxygens (including phenoxy) is 4. The van der Waals surface area contributed by atoms with Gasteiger partial charge in [-0.15, -0.1) is 0 Å². The number of aromatic hydroxyl groups is 1. The predicted molar refractivity (Wildman–Crippen MR) is 94.1 cm³/mol. The number of carbonyl (C=O) groups excluding carboxylic acids is 1. The molecule has 0 spiro atoms. The van der Waals surface area contributed by atoms with Gasteiger partial charge in [0.05, 0.1) is 34.0 Å². The lowest BCUT2D eigenvalue weighted by atomic mass is 10.1. The summed E-state index contributed by atoms with van der Waals surface area (Å²) in [5.74, 6) is 1.60. The van der Waals surface area contributed by atoms with Crippen LogP contribution in [-0.4, -0.2) is 39.3 Å². The molecule has 0 atom stereocenters. The van der Waals surface area contributed by atoms with Gasteiger partial charge in [-0.25, -0.2) is 0 Å². The van der Waals surface area contributed by atoms with Crippen molar-refractivity contribution in [3.63, 3.8) is 0 Å². The van der Waals surface area contributed by atoms with Crippen molar-refractivity contribution in [2.45, 2.75) is 0 Å². The summed E-state index contributed by atoms with van der Waals surface area (Å²) >= 11 is 0. The zero-order valence-corrected chi connectivity index (χ0v) is 14.5. The molecule has 0 heterocycles. The molecule has 0 radical (unpaired) electrons. The van der Waals surface area contributed by atoms with Gasteiger partial charge in [0.15, 0.2) is 17.3 Å². The Morgan fingerprint density at radius 3 is 2.04 bits per heavy atom. The van der Waals surface area contributed by atoms with E-state index in [2.05, 4.69) is 0 Å². The first kappa shape index (κ1) is 18.2. The van der Waals surface area contributed by atoms with E-state index in [1.165, 1.54) is 46.6 Å². The summed E-state index contributed by atoms with van der Waals surface area (Å²) in [6.07, 6.45) is 2.94. The molecule has 0 aliphatic heterocycles. The normalized spacial score (nSPS) is 10.6. The molecule has 132 valence electrons. The topological polar surface area (TPSA) is 74.2 Å². The number of methoxy groups -OCH3 is 4. The minimum atomic E-state index is -0.289. The van der Waals surface area contributed by atoms with Crippen LogP contribution in [0.4, 0.5) is 0 Å². The second-order valence-corrected chi connectivity index (χ2v) is 5.03. The summed E-state index contributed by atoms with van der Waals surface area (Å²) in [5, 5.41) is 9.60. The molecule has 2 rings (SSSR count). The molecule has 0 aromatic heterocycles. The van der Waals surface area contributed by atoms with Crippen LogP contribution in [0.25, 0.3) is 6.08 Å². The van der Waals surface area contributed by atoms with Gasteiger partial charge in [-0.1, -0.05) is 0 Å². The number of allylic oxidation sites excluding steroid dienone is 1. The van der Waals surface area contributed by atoms with E-state index in [-0.39, 0.29) is 11.5 Å². The molecule has 6 nitrogen and oxygen atoms in total. The summed E-state index contributed by atoms with van der Waals surface area (Å²) in [7, 11) is 5.99. The van der Waals surface area contributed by atoms with Crippen molar-refractivity contribution < 1.29 is 28.8 Å². The number of hydrogen-bond donors (Lipinski definition) is 1. The molecule has 0 fully saturated rings. The van der Waals surface area contributed by atoms with E-state index in [0.717, 1.165) is 0 Å². The molecule has 0 saturated heterocycles. The second kappa shape index (κ2) is 8.10. The third-order valence-electron chi connectivity index (χ3n) is 3.60. The van der Waals surface area contributed by atoms with Gasteiger partial charge in [0.1, 0.15) is 17.2 Å². The maximum atomic E-state index is 12.6. The minimum absolute atomic E-state index is 0.0802. The van der Waals surface area contributed by atoms with Crippen LogP contribution in [0.1, 0.15) is 15.9 Å². The molecule has 1 N–H and O–H groups in total. The molecule has 6 heteroatoms. The summed E-state index contributed by atoms with van der Waals surface area (Å²) in [6, 6.07) is 7.79. The van der Waals surface area contributed by atoms with Crippen LogP contribution in [0.15, 0.2) is 36.4 Å². The van der Waals surface area contributed by atoms with E-state index in [1.807, 2.05) is 0 Å². The number of rotatable bonds is 7. The molecule has 0 aliphatic rings. The first-order chi connectivity index (χ1) is 12.0. The maximum Gasteiger partial charge on any atom is 0.189 e. The molecule has 0 bridgehead atoms. The lowest BCUT2D eigenvalue weighted by Gasteiger charge is -2.12. The highest BCUT2D eigenvalue weighted by atomic mass is 16.5. The number of ketones is 1. The monoisotopic (exact) mass is 344 g/mol. The average Bonchev–Trinajstić information content (AvgIpc) is 2.64. The van der Waals surface area contributed by atoms with Crippen molar-refractivity contribution >= 4 is 11.9 Å². The minimum Gasteiger partial charge on any atom is -0.508 e. The first-order valence-electron chi connectivity index (χ1n) is 7.43. The second-order valence-electron chi connectivity index (χ2n) is 5.03. The van der Waals surface area contributed by atoms with E-state index in [9.17, 15) is 9.90 Å². The molecule has 2 aromatic carbocycles. The molecule has 2 aromatic rings. The summed E-state index contributed by atoms with van der Waals surface area (Å²) < 4.78 is 20.9. The number of phenolic OH excluding ortho intramolecular Hbond substituents is 1. The van der Waals surface area contributed by atoms with Gasteiger partial charge in [0.25, 0.3) is 0 Å². The van der Waals surface area contributed by atoms with Crippen molar-refractivity contribution in [2.24, 2.45) is 0 Å². The van der Waals surface area contributed by atoms with Crippen LogP contribution < -0.4 is 18.9 Å². The summed E-state index contributed by atoms with van der Waals surface area (Å²) in [6.45, 7) is 0. The average molecular weight is 344 g/mol. The van der Waals surface area contributed by atoms with Crippen LogP contribution in [0.5, 0.6) is 28.7 Å². The van der Waals surface area contributed by atoms with Crippen molar-refractivity contribution in [3.8, 4) is 28.7 Å². The fourth-order valence-electron chi connectivity index (χ4n) is 2.33. The SMILES string of the molecule is COc1ccc(O)cc1/C=C/C(=O)c1cc(OC)c(OC)cc1OC. The van der Waals surface area contributed by atoms with E-state index in [0.29, 0.717) is 34.1 Å². The largest absolute Gasteiger partial charge is 0.508 e. The van der Waals surface area contributed by atoms with Gasteiger partial charge in [0, 0.05) is 11.6 Å². The van der Waals surface area contributed by atoms with E-state index < -0.39 is 0 Å². The molecule has 0 aliphatic carbocycles. The summed E-state index contributed by atoms with van der Waals surface area (Å²) in [4.78, 5) is 12.6. The van der Waals surface area contributed by atoms with E-state index >= 15 is 0 Å². The first-order valence-corrected chi connectivity index (χ1v) is 7.43. The molecule has 0 amide bonds. The van der Waals surface area contributed by atoms with Crippen molar-refractivity contribution in [1.29, 1.82) is 0 Å². The molecular formula is C19H20O6. The highest BCUT2D eigenvalue weighted by Crippen LogP contribution is 2.35. The zero-order valence-electron chi connectivity index (χ0n) is 14.5. The van der Waals surface area contributed by atoms with Crippen LogP contribution in [0, 0.1) is 0 Å². The standard InChI is InChI=1S/C19H20O6/c1-22-16-8-6-13(20)9-12(16)5-7-15(21)14-10-18(24-3)19(25-4)11-17(14)23-2/h5-11,20H,1-4H3/b7-5+. The lowest BCUT2D eigenvalue weighted by Crippen LogP contribution is -2.01. The van der Waals surface area contributed by atoms with Crippen LogP contribution in [0.3, 0.4) is 0 Å². The molecule has 0 unspecified atom stereocenters. The van der Waals surface area contributed by atoms with Crippen LogP contribution >= 0.6 is 0 Å². The Bertz CT molecular complexity index is 795. The number of carbonyl (C=O) groups is 1. The van der Waals surface area contributed by atoms with Crippen molar-refractivity contribution in [2.75, 3.05) is 28.4 Å². The predicted octanol–water partition coefficient (Wildman–Crippen LogP) is 3.32. The van der Waals surface area contributed by atoms with Gasteiger partial charge in [-0.05, 0) is 36.4 Å². The van der Waals surface area contributed by atoms with Crippen molar-refractivity contribution in [3.05, 3.63) is 47.5 Å². The number of phenols is 1. The maximum absolute atomic E-state index is 12.6. The Hall–Kier alpha value is -3.15. The number of benzene rings is 2. The highest BCUT2D eigenvalue weighted by Gasteiger charge is 2.16. The van der Waals surface area contributed by atoms with Gasteiger partial charge in [-0.2, -0.15) is 0 Å². The van der Waals surface area contributed by atoms with Gasteiger partial charge in [0.2, 0.25) is 0 Å². The Morgan fingerprint density at radius 2 is 1.44 bits per heavy atom. The van der Waals surface area contributed by atoms with E-state index in [1.54, 1.807) is 24.3 Å². The smallest absolute Gasteiger partial charge is 0.189 e. The third-order valence-corrected chi connectivity index (χ3v) is 3.60. The lowest BCUT2D eigenvalue weighted by molar-refractivity contribution is 0.104. The van der Waals surface area contributed by atoms with Crippen LogP contribution in [0.2, 0.25) is 0 Å². The Balaban J connectivity index is 2.39. The van der Waals surface area contributed by atoms with E-state index in [4.69, 9.17) is 18.9 Å². The van der Waals surface area contributed by atoms with Gasteiger partial charge < -0.3 is 24.1 Å².